The van der Waals surface area contributed by atoms with Crippen LogP contribution in [0.3, 0.4) is 0 Å². The van der Waals surface area contributed by atoms with Gasteiger partial charge in [0.15, 0.2) is 11.5 Å². The molecule has 118 valence electrons. The lowest BCUT2D eigenvalue weighted by Crippen LogP contribution is -1.96. The standard InChI is InChI=1S/C16H17IO5/c1-19-10-7-11(17)15(12(8-10)20-2)9-5-13(21-3)16(18)14(6-9)22-4/h5-8,18H,1-4H3. The Morgan fingerprint density at radius 3 is 1.77 bits per heavy atom. The lowest BCUT2D eigenvalue weighted by atomic mass is 10.0. The largest absolute Gasteiger partial charge is 0.502 e. The van der Waals surface area contributed by atoms with Gasteiger partial charge in [0.2, 0.25) is 5.75 Å². The molecular formula is C16H17IO5. The summed E-state index contributed by atoms with van der Waals surface area (Å²) in [5.41, 5.74) is 1.69. The van der Waals surface area contributed by atoms with Crippen LogP contribution in [-0.4, -0.2) is 33.5 Å². The quantitative estimate of drug-likeness (QED) is 0.754. The minimum absolute atomic E-state index is 0.0313. The Morgan fingerprint density at radius 1 is 0.773 bits per heavy atom. The minimum Gasteiger partial charge on any atom is -0.502 e. The predicted molar refractivity (Wildman–Crippen MR) is 92.5 cm³/mol. The van der Waals surface area contributed by atoms with Gasteiger partial charge in [0, 0.05) is 15.2 Å². The van der Waals surface area contributed by atoms with E-state index in [4.69, 9.17) is 18.9 Å². The highest BCUT2D eigenvalue weighted by atomic mass is 127. The summed E-state index contributed by atoms with van der Waals surface area (Å²) in [4.78, 5) is 0. The van der Waals surface area contributed by atoms with Crippen LogP contribution < -0.4 is 18.9 Å². The maximum Gasteiger partial charge on any atom is 0.200 e. The van der Waals surface area contributed by atoms with Gasteiger partial charge in [0.1, 0.15) is 11.5 Å². The van der Waals surface area contributed by atoms with Gasteiger partial charge in [0.05, 0.1) is 28.4 Å². The average Bonchev–Trinajstić information content (AvgIpc) is 2.54. The third kappa shape index (κ3) is 3.01. The molecule has 22 heavy (non-hydrogen) atoms. The van der Waals surface area contributed by atoms with Gasteiger partial charge in [-0.05, 0) is 46.4 Å². The maximum absolute atomic E-state index is 10.0. The van der Waals surface area contributed by atoms with Crippen LogP contribution in [0.4, 0.5) is 0 Å². The zero-order chi connectivity index (χ0) is 16.3. The Balaban J connectivity index is 2.71. The van der Waals surface area contributed by atoms with Gasteiger partial charge in [0.25, 0.3) is 0 Å². The van der Waals surface area contributed by atoms with Crippen LogP contribution >= 0.6 is 22.6 Å². The van der Waals surface area contributed by atoms with Crippen LogP contribution in [0.2, 0.25) is 0 Å². The van der Waals surface area contributed by atoms with Crippen molar-refractivity contribution in [2.24, 2.45) is 0 Å². The molecule has 2 aromatic rings. The molecule has 1 N–H and O–H groups in total. The Labute approximate surface area is 142 Å². The summed E-state index contributed by atoms with van der Waals surface area (Å²) in [5, 5.41) is 10.0. The molecule has 2 rings (SSSR count). The van der Waals surface area contributed by atoms with Gasteiger partial charge in [-0.15, -0.1) is 0 Å². The third-order valence-electron chi connectivity index (χ3n) is 3.25. The van der Waals surface area contributed by atoms with E-state index in [0.29, 0.717) is 23.0 Å². The zero-order valence-corrected chi connectivity index (χ0v) is 14.9. The van der Waals surface area contributed by atoms with Crippen molar-refractivity contribution in [2.45, 2.75) is 0 Å². The van der Waals surface area contributed by atoms with Gasteiger partial charge >= 0.3 is 0 Å². The molecule has 5 nitrogen and oxygen atoms in total. The van der Waals surface area contributed by atoms with Crippen molar-refractivity contribution >= 4 is 22.6 Å². The van der Waals surface area contributed by atoms with Crippen LogP contribution in [0.15, 0.2) is 24.3 Å². The van der Waals surface area contributed by atoms with Gasteiger partial charge in [-0.1, -0.05) is 0 Å². The van der Waals surface area contributed by atoms with Crippen molar-refractivity contribution in [1.82, 2.24) is 0 Å². The average molecular weight is 416 g/mol. The van der Waals surface area contributed by atoms with Crippen molar-refractivity contribution in [3.63, 3.8) is 0 Å². The molecule has 2 aromatic carbocycles. The summed E-state index contributed by atoms with van der Waals surface area (Å²) < 4.78 is 22.1. The fraction of sp³-hybridized carbons (Fsp3) is 0.250. The van der Waals surface area contributed by atoms with E-state index in [0.717, 1.165) is 14.7 Å². The normalized spacial score (nSPS) is 10.2. The first-order chi connectivity index (χ1) is 10.5. The Hall–Kier alpha value is -1.83. The summed E-state index contributed by atoms with van der Waals surface area (Å²) in [5.74, 6) is 2.02. The van der Waals surface area contributed by atoms with Crippen molar-refractivity contribution in [3.8, 4) is 39.9 Å². The van der Waals surface area contributed by atoms with Crippen LogP contribution in [0.5, 0.6) is 28.7 Å². The zero-order valence-electron chi connectivity index (χ0n) is 12.8. The van der Waals surface area contributed by atoms with E-state index < -0.39 is 0 Å². The van der Waals surface area contributed by atoms with Gasteiger partial charge < -0.3 is 24.1 Å². The molecule has 0 atom stereocenters. The lowest BCUT2D eigenvalue weighted by Gasteiger charge is -2.16. The minimum atomic E-state index is -0.0313. The number of phenols is 1. The van der Waals surface area contributed by atoms with Gasteiger partial charge in [-0.2, -0.15) is 0 Å². The highest BCUT2D eigenvalue weighted by molar-refractivity contribution is 14.1. The number of hydrogen-bond acceptors (Lipinski definition) is 5. The first kappa shape index (κ1) is 16.5. The van der Waals surface area contributed by atoms with Crippen molar-refractivity contribution < 1.29 is 24.1 Å². The van der Waals surface area contributed by atoms with E-state index in [2.05, 4.69) is 22.6 Å². The monoisotopic (exact) mass is 416 g/mol. The first-order valence-electron chi connectivity index (χ1n) is 6.42. The van der Waals surface area contributed by atoms with Crippen LogP contribution in [0.25, 0.3) is 11.1 Å². The molecule has 0 aromatic heterocycles. The van der Waals surface area contributed by atoms with E-state index >= 15 is 0 Å². The molecule has 0 aliphatic heterocycles. The highest BCUT2D eigenvalue weighted by Gasteiger charge is 2.18. The van der Waals surface area contributed by atoms with Gasteiger partial charge in [-0.3, -0.25) is 0 Å². The second-order valence-electron chi connectivity index (χ2n) is 4.42. The Kier molecular flexibility index (Phi) is 5.23. The van der Waals surface area contributed by atoms with Crippen molar-refractivity contribution in [3.05, 3.63) is 27.8 Å². The molecule has 0 aliphatic rings. The van der Waals surface area contributed by atoms with Crippen LogP contribution in [0, 0.1) is 3.57 Å². The number of hydrogen-bond donors (Lipinski definition) is 1. The molecule has 0 bridgehead atoms. The first-order valence-corrected chi connectivity index (χ1v) is 7.50. The van der Waals surface area contributed by atoms with Crippen molar-refractivity contribution in [1.29, 1.82) is 0 Å². The SMILES string of the molecule is COc1cc(I)c(-c2cc(OC)c(O)c(OC)c2)c(OC)c1. The molecule has 0 spiro atoms. The van der Waals surface area contributed by atoms with Crippen LogP contribution in [0.1, 0.15) is 0 Å². The van der Waals surface area contributed by atoms with Crippen LogP contribution in [-0.2, 0) is 0 Å². The topological polar surface area (TPSA) is 57.2 Å². The number of rotatable bonds is 5. The summed E-state index contributed by atoms with van der Waals surface area (Å²) in [7, 11) is 6.20. The summed E-state index contributed by atoms with van der Waals surface area (Å²) in [6, 6.07) is 7.20. The molecule has 0 amide bonds. The van der Waals surface area contributed by atoms with E-state index in [9.17, 15) is 5.11 Å². The number of methoxy groups -OCH3 is 4. The number of aromatic hydroxyl groups is 1. The molecule has 0 radical (unpaired) electrons. The fourth-order valence-corrected chi connectivity index (χ4v) is 3.04. The summed E-state index contributed by atoms with van der Waals surface area (Å²) in [6.45, 7) is 0. The second-order valence-corrected chi connectivity index (χ2v) is 5.58. The molecule has 0 saturated carbocycles. The number of benzene rings is 2. The highest BCUT2D eigenvalue weighted by Crippen LogP contribution is 2.44. The van der Waals surface area contributed by atoms with E-state index in [1.807, 2.05) is 12.1 Å². The molecule has 0 unspecified atom stereocenters. The second kappa shape index (κ2) is 6.95. The molecular weight excluding hydrogens is 399 g/mol. The smallest absolute Gasteiger partial charge is 0.200 e. The molecule has 0 fully saturated rings. The lowest BCUT2D eigenvalue weighted by molar-refractivity contribution is 0.340. The molecule has 0 heterocycles. The Bertz CT molecular complexity index is 659. The number of phenolic OH excluding ortho intramolecular Hbond substituents is 1. The maximum atomic E-state index is 10.0. The van der Waals surface area contributed by atoms with E-state index in [1.54, 1.807) is 26.4 Å². The molecule has 0 saturated heterocycles. The molecule has 6 heteroatoms. The number of ether oxygens (including phenoxy) is 4. The summed E-state index contributed by atoms with van der Waals surface area (Å²) in [6.07, 6.45) is 0. The predicted octanol–water partition coefficient (Wildman–Crippen LogP) is 3.70. The van der Waals surface area contributed by atoms with E-state index in [-0.39, 0.29) is 5.75 Å². The third-order valence-corrected chi connectivity index (χ3v) is 4.10. The van der Waals surface area contributed by atoms with Gasteiger partial charge in [-0.25, -0.2) is 0 Å². The number of halogens is 1. The van der Waals surface area contributed by atoms with Crippen molar-refractivity contribution in [2.75, 3.05) is 28.4 Å². The van der Waals surface area contributed by atoms with E-state index in [1.165, 1.54) is 14.2 Å². The Morgan fingerprint density at radius 2 is 1.32 bits per heavy atom. The summed E-state index contributed by atoms with van der Waals surface area (Å²) >= 11 is 2.21. The fourth-order valence-electron chi connectivity index (χ4n) is 2.15. The molecule has 0 aliphatic carbocycles.